The number of urea groups is 1. The number of hydrogen-bond acceptors (Lipinski definition) is 2. The normalized spacial score (nSPS) is 33.0. The van der Waals surface area contributed by atoms with E-state index in [2.05, 4.69) is 16.0 Å². The minimum Gasteiger partial charge on any atom is -0.354 e. The van der Waals surface area contributed by atoms with Gasteiger partial charge in [-0.05, 0) is 43.9 Å². The van der Waals surface area contributed by atoms with E-state index in [-0.39, 0.29) is 18.0 Å². The average molecular weight is 251 g/mol. The molecule has 0 aromatic carbocycles. The molecular weight excluding hydrogens is 230 g/mol. The van der Waals surface area contributed by atoms with Gasteiger partial charge in [0, 0.05) is 12.6 Å². The van der Waals surface area contributed by atoms with Crippen LogP contribution in [0.5, 0.6) is 0 Å². The first-order chi connectivity index (χ1) is 8.67. The number of carbonyl (C=O) groups is 2. The summed E-state index contributed by atoms with van der Waals surface area (Å²) in [7, 11) is 0. The summed E-state index contributed by atoms with van der Waals surface area (Å²) in [5.41, 5.74) is 0.556. The molecule has 1 heterocycles. The van der Waals surface area contributed by atoms with Crippen LogP contribution in [-0.4, -0.2) is 30.6 Å². The molecule has 1 aliphatic heterocycles. The third kappa shape index (κ3) is 2.44. The molecule has 100 valence electrons. The summed E-state index contributed by atoms with van der Waals surface area (Å²) in [6, 6.07) is -0.228. The summed E-state index contributed by atoms with van der Waals surface area (Å²) in [6.07, 6.45) is 8.10. The fraction of sp³-hybridized carbons (Fsp3) is 0.846. The predicted octanol–water partition coefficient (Wildman–Crippen LogP) is 0.897. The first-order valence-corrected chi connectivity index (χ1v) is 7.02. The van der Waals surface area contributed by atoms with Crippen LogP contribution in [0.25, 0.3) is 0 Å². The summed E-state index contributed by atoms with van der Waals surface area (Å²) >= 11 is 0. The lowest BCUT2D eigenvalue weighted by atomic mass is 9.83. The second-order valence-corrected chi connectivity index (χ2v) is 6.04. The van der Waals surface area contributed by atoms with Crippen LogP contribution < -0.4 is 16.0 Å². The topological polar surface area (TPSA) is 70.2 Å². The van der Waals surface area contributed by atoms with E-state index in [0.29, 0.717) is 24.4 Å². The van der Waals surface area contributed by atoms with Crippen molar-refractivity contribution in [3.8, 4) is 0 Å². The third-order valence-electron chi connectivity index (χ3n) is 4.59. The van der Waals surface area contributed by atoms with E-state index in [0.717, 1.165) is 12.8 Å². The molecular formula is C13H21N3O2. The van der Waals surface area contributed by atoms with Crippen molar-refractivity contribution in [2.45, 2.75) is 57.0 Å². The quantitative estimate of drug-likeness (QED) is 0.682. The van der Waals surface area contributed by atoms with Crippen LogP contribution in [0.15, 0.2) is 0 Å². The average Bonchev–Trinajstić information content (AvgIpc) is 2.94. The standard InChI is InChI=1S/C13H21N3O2/c17-11-10(3-7-14-11)16-12(18)15-9-2-1-4-13(8-9)5-6-13/h9-10H,1-8H2,(H,14,17)(H2,15,16,18). The highest BCUT2D eigenvalue weighted by atomic mass is 16.2. The number of hydrogen-bond donors (Lipinski definition) is 3. The van der Waals surface area contributed by atoms with Gasteiger partial charge < -0.3 is 16.0 Å². The summed E-state index contributed by atoms with van der Waals surface area (Å²) < 4.78 is 0. The van der Waals surface area contributed by atoms with Crippen molar-refractivity contribution in [2.24, 2.45) is 5.41 Å². The predicted molar refractivity (Wildman–Crippen MR) is 67.0 cm³/mol. The van der Waals surface area contributed by atoms with Gasteiger partial charge in [0.1, 0.15) is 6.04 Å². The Balaban J connectivity index is 1.47. The van der Waals surface area contributed by atoms with Gasteiger partial charge in [-0.15, -0.1) is 0 Å². The van der Waals surface area contributed by atoms with Gasteiger partial charge in [-0.1, -0.05) is 6.42 Å². The first-order valence-electron chi connectivity index (χ1n) is 7.02. The molecule has 3 fully saturated rings. The van der Waals surface area contributed by atoms with Crippen LogP contribution in [0.2, 0.25) is 0 Å². The SMILES string of the molecule is O=C(NC1CCCC2(CC2)C1)NC1CCNC1=O. The Bertz CT molecular complexity index is 365. The van der Waals surface area contributed by atoms with Crippen molar-refractivity contribution >= 4 is 11.9 Å². The van der Waals surface area contributed by atoms with E-state index in [9.17, 15) is 9.59 Å². The van der Waals surface area contributed by atoms with Crippen LogP contribution in [-0.2, 0) is 4.79 Å². The summed E-state index contributed by atoms with van der Waals surface area (Å²) in [5.74, 6) is -0.0625. The first kappa shape index (κ1) is 11.8. The molecule has 0 radical (unpaired) electrons. The highest BCUT2D eigenvalue weighted by Gasteiger charge is 2.46. The molecule has 0 aromatic heterocycles. The Morgan fingerprint density at radius 1 is 1.22 bits per heavy atom. The highest BCUT2D eigenvalue weighted by molar-refractivity contribution is 5.88. The molecule has 1 saturated heterocycles. The summed E-state index contributed by atoms with van der Waals surface area (Å²) in [6.45, 7) is 0.663. The molecule has 3 amide bonds. The Hall–Kier alpha value is -1.26. The van der Waals surface area contributed by atoms with E-state index in [1.54, 1.807) is 0 Å². The van der Waals surface area contributed by atoms with Crippen LogP contribution in [0.3, 0.4) is 0 Å². The molecule has 0 bridgehead atoms. The lowest BCUT2D eigenvalue weighted by Crippen LogP contribution is -2.49. The van der Waals surface area contributed by atoms with Gasteiger partial charge in [-0.3, -0.25) is 4.79 Å². The Morgan fingerprint density at radius 2 is 2.06 bits per heavy atom. The molecule has 3 N–H and O–H groups in total. The third-order valence-corrected chi connectivity index (χ3v) is 4.59. The van der Waals surface area contributed by atoms with Gasteiger partial charge in [0.05, 0.1) is 0 Å². The maximum atomic E-state index is 11.8. The van der Waals surface area contributed by atoms with Crippen molar-refractivity contribution in [1.29, 1.82) is 0 Å². The maximum Gasteiger partial charge on any atom is 0.315 e. The van der Waals surface area contributed by atoms with E-state index in [4.69, 9.17) is 0 Å². The van der Waals surface area contributed by atoms with Crippen molar-refractivity contribution in [2.75, 3.05) is 6.54 Å². The molecule has 1 spiro atoms. The fourth-order valence-corrected chi connectivity index (χ4v) is 3.32. The summed E-state index contributed by atoms with van der Waals surface area (Å²) in [5, 5.41) is 8.51. The van der Waals surface area contributed by atoms with Crippen LogP contribution in [0, 0.1) is 5.41 Å². The molecule has 5 heteroatoms. The number of amides is 3. The number of rotatable bonds is 2. The van der Waals surface area contributed by atoms with Gasteiger partial charge >= 0.3 is 6.03 Å². The Morgan fingerprint density at radius 3 is 2.72 bits per heavy atom. The molecule has 3 rings (SSSR count). The maximum absolute atomic E-state index is 11.8. The second kappa shape index (κ2) is 4.44. The van der Waals surface area contributed by atoms with E-state index in [1.807, 2.05) is 0 Å². The summed E-state index contributed by atoms with van der Waals surface area (Å²) in [4.78, 5) is 23.2. The van der Waals surface area contributed by atoms with Gasteiger partial charge in [-0.2, -0.15) is 0 Å². The lowest BCUT2D eigenvalue weighted by Gasteiger charge is -2.30. The molecule has 2 aliphatic carbocycles. The second-order valence-electron chi connectivity index (χ2n) is 6.04. The zero-order valence-corrected chi connectivity index (χ0v) is 10.6. The minimum absolute atomic E-state index is 0.0625. The van der Waals surface area contributed by atoms with Crippen molar-refractivity contribution in [3.63, 3.8) is 0 Å². The minimum atomic E-state index is -0.344. The van der Waals surface area contributed by atoms with Crippen LogP contribution in [0.4, 0.5) is 4.79 Å². The molecule has 5 nitrogen and oxygen atoms in total. The molecule has 2 atom stereocenters. The molecule has 2 unspecified atom stereocenters. The van der Waals surface area contributed by atoms with Crippen molar-refractivity contribution in [1.82, 2.24) is 16.0 Å². The monoisotopic (exact) mass is 251 g/mol. The highest BCUT2D eigenvalue weighted by Crippen LogP contribution is 2.56. The van der Waals surface area contributed by atoms with Gasteiger partial charge in [0.25, 0.3) is 0 Å². The zero-order valence-electron chi connectivity index (χ0n) is 10.6. The van der Waals surface area contributed by atoms with Crippen LogP contribution >= 0.6 is 0 Å². The lowest BCUT2D eigenvalue weighted by molar-refractivity contribution is -0.120. The molecule has 3 aliphatic rings. The molecule has 2 saturated carbocycles. The smallest absolute Gasteiger partial charge is 0.315 e. The largest absolute Gasteiger partial charge is 0.354 e. The Kier molecular flexibility index (Phi) is 2.92. The van der Waals surface area contributed by atoms with E-state index >= 15 is 0 Å². The fourth-order valence-electron chi connectivity index (χ4n) is 3.32. The van der Waals surface area contributed by atoms with Gasteiger partial charge in [0.15, 0.2) is 0 Å². The van der Waals surface area contributed by atoms with E-state index in [1.165, 1.54) is 25.7 Å². The molecule has 18 heavy (non-hydrogen) atoms. The number of nitrogens with one attached hydrogen (secondary N) is 3. The van der Waals surface area contributed by atoms with Gasteiger partial charge in [-0.25, -0.2) is 4.79 Å². The van der Waals surface area contributed by atoms with Crippen molar-refractivity contribution < 1.29 is 9.59 Å². The van der Waals surface area contributed by atoms with Gasteiger partial charge in [0.2, 0.25) is 5.91 Å². The Labute approximate surface area is 107 Å². The zero-order chi connectivity index (χ0) is 12.6. The van der Waals surface area contributed by atoms with E-state index < -0.39 is 0 Å². The number of carbonyl (C=O) groups excluding carboxylic acids is 2. The van der Waals surface area contributed by atoms with Crippen molar-refractivity contribution in [3.05, 3.63) is 0 Å². The van der Waals surface area contributed by atoms with Crippen LogP contribution in [0.1, 0.15) is 44.9 Å². The molecule has 0 aromatic rings.